The Kier molecular flexibility index (Phi) is 8.28. The molecule has 15 heteroatoms. The van der Waals surface area contributed by atoms with E-state index in [2.05, 4.69) is 20.8 Å². The van der Waals surface area contributed by atoms with Gasteiger partial charge >= 0.3 is 0 Å². The first-order valence-corrected chi connectivity index (χ1v) is 14.6. The van der Waals surface area contributed by atoms with Crippen molar-refractivity contribution in [1.29, 1.82) is 0 Å². The number of hydrazine groups is 1. The maximum atomic E-state index is 13.8. The standard InChI is InChI=1S/C25H25Cl2F4IN6O2/c26-18-14(13-1-2-13)11-15(20(33-18)37-7-3-24(28,29)4-8-37)22(39)35-36-23(40)16-12-17(32)19(27)34-21(16)38-9-5-25(30,31)6-10-38/h11-13H,1-10H2,(H,35,39)(H,36,40). The van der Waals surface area contributed by atoms with Crippen molar-refractivity contribution in [2.24, 2.45) is 0 Å². The molecule has 3 fully saturated rings. The summed E-state index contributed by atoms with van der Waals surface area (Å²) < 4.78 is 55.5. The quantitative estimate of drug-likeness (QED) is 0.176. The highest BCUT2D eigenvalue weighted by Gasteiger charge is 2.38. The maximum absolute atomic E-state index is 13.8. The van der Waals surface area contributed by atoms with Crippen molar-refractivity contribution in [2.75, 3.05) is 36.0 Å². The summed E-state index contributed by atoms with van der Waals surface area (Å²) in [5, 5.41) is 0.332. The van der Waals surface area contributed by atoms with Gasteiger partial charge in [0.05, 0.1) is 14.7 Å². The van der Waals surface area contributed by atoms with Gasteiger partial charge in [0.2, 0.25) is 0 Å². The summed E-state index contributed by atoms with van der Waals surface area (Å²) >= 11 is 14.5. The SMILES string of the molecule is O=C(NNC(=O)c1cc(C2CC2)c(Cl)nc1N1CCC(F)(F)CC1)c1cc(I)c(Cl)nc1N1CCC(F)(F)CC1. The first kappa shape index (κ1) is 29.4. The Balaban J connectivity index is 1.37. The van der Waals surface area contributed by atoms with Crippen molar-refractivity contribution >= 4 is 69.2 Å². The lowest BCUT2D eigenvalue weighted by Gasteiger charge is -2.34. The second kappa shape index (κ2) is 11.3. The number of amides is 2. The molecule has 40 heavy (non-hydrogen) atoms. The number of rotatable bonds is 5. The summed E-state index contributed by atoms with van der Waals surface area (Å²) in [6.07, 6.45) is 0.218. The fourth-order valence-electron chi connectivity index (χ4n) is 4.79. The smallest absolute Gasteiger partial charge is 0.273 e. The number of halogens is 7. The van der Waals surface area contributed by atoms with E-state index >= 15 is 0 Å². The molecule has 5 rings (SSSR count). The largest absolute Gasteiger partial charge is 0.355 e. The Hall–Kier alpha value is -2.13. The number of carbonyl (C=O) groups is 2. The van der Waals surface area contributed by atoms with Crippen LogP contribution in [0.4, 0.5) is 29.2 Å². The highest BCUT2D eigenvalue weighted by molar-refractivity contribution is 14.1. The molecule has 216 valence electrons. The molecule has 2 aromatic heterocycles. The molecule has 0 radical (unpaired) electrons. The number of aromatic nitrogens is 2. The molecule has 3 aliphatic rings. The first-order valence-electron chi connectivity index (χ1n) is 12.8. The van der Waals surface area contributed by atoms with Crippen LogP contribution in [0.3, 0.4) is 0 Å². The molecule has 8 nitrogen and oxygen atoms in total. The van der Waals surface area contributed by atoms with E-state index in [9.17, 15) is 27.2 Å². The van der Waals surface area contributed by atoms with Gasteiger partial charge in [0.1, 0.15) is 21.9 Å². The number of piperidine rings is 2. The summed E-state index contributed by atoms with van der Waals surface area (Å²) in [7, 11) is 0. The Morgan fingerprint density at radius 1 is 0.800 bits per heavy atom. The van der Waals surface area contributed by atoms with Crippen molar-refractivity contribution in [3.63, 3.8) is 0 Å². The normalized spacial score (nSPS) is 20.3. The molecule has 1 aliphatic carbocycles. The number of hydrogen-bond donors (Lipinski definition) is 2. The first-order chi connectivity index (χ1) is 18.8. The Morgan fingerprint density at radius 3 is 1.68 bits per heavy atom. The number of hydrogen-bond acceptors (Lipinski definition) is 6. The van der Waals surface area contributed by atoms with Gasteiger partial charge in [-0.2, -0.15) is 0 Å². The van der Waals surface area contributed by atoms with Crippen molar-refractivity contribution < 1.29 is 27.2 Å². The van der Waals surface area contributed by atoms with E-state index in [-0.39, 0.29) is 78.0 Å². The van der Waals surface area contributed by atoms with E-state index in [1.165, 1.54) is 6.07 Å². The molecule has 2 N–H and O–H groups in total. The lowest BCUT2D eigenvalue weighted by atomic mass is 10.0. The van der Waals surface area contributed by atoms with E-state index in [0.29, 0.717) is 9.13 Å². The molecule has 4 heterocycles. The Bertz CT molecular complexity index is 1330. The summed E-state index contributed by atoms with van der Waals surface area (Å²) in [5.41, 5.74) is 5.57. The van der Waals surface area contributed by atoms with Gasteiger partial charge in [-0.15, -0.1) is 0 Å². The summed E-state index contributed by atoms with van der Waals surface area (Å²) in [5.74, 6) is -6.58. The van der Waals surface area contributed by atoms with E-state index < -0.39 is 36.5 Å². The van der Waals surface area contributed by atoms with Crippen molar-refractivity contribution in [3.05, 3.63) is 42.7 Å². The summed E-state index contributed by atoms with van der Waals surface area (Å²) in [6, 6.07) is 3.07. The van der Waals surface area contributed by atoms with Gasteiger partial charge in [-0.25, -0.2) is 27.5 Å². The number of anilines is 2. The van der Waals surface area contributed by atoms with E-state index in [4.69, 9.17) is 23.2 Å². The van der Waals surface area contributed by atoms with E-state index in [1.807, 2.05) is 22.6 Å². The predicted octanol–water partition coefficient (Wildman–Crippen LogP) is 5.81. The lowest BCUT2D eigenvalue weighted by molar-refractivity contribution is -0.0228. The average molecular weight is 715 g/mol. The third-order valence-electron chi connectivity index (χ3n) is 7.28. The molecule has 2 saturated heterocycles. The van der Waals surface area contributed by atoms with Crippen LogP contribution >= 0.6 is 45.8 Å². The van der Waals surface area contributed by atoms with Gasteiger partial charge in [0.25, 0.3) is 23.7 Å². The highest BCUT2D eigenvalue weighted by Crippen LogP contribution is 2.44. The molecule has 0 atom stereocenters. The molecule has 0 unspecified atom stereocenters. The molecule has 0 spiro atoms. The van der Waals surface area contributed by atoms with Gasteiger partial charge in [0.15, 0.2) is 0 Å². The zero-order valence-corrected chi connectivity index (χ0v) is 24.7. The minimum atomic E-state index is -2.80. The number of nitrogens with one attached hydrogen (secondary N) is 2. The fraction of sp³-hybridized carbons (Fsp3) is 0.520. The van der Waals surface area contributed by atoms with Gasteiger partial charge in [-0.1, -0.05) is 23.2 Å². The van der Waals surface area contributed by atoms with Crippen LogP contribution in [0.25, 0.3) is 0 Å². The molecule has 0 bridgehead atoms. The molecule has 0 aromatic carbocycles. The van der Waals surface area contributed by atoms with Crippen molar-refractivity contribution in [1.82, 2.24) is 20.8 Å². The molecular formula is C25H25Cl2F4IN6O2. The number of nitrogens with zero attached hydrogens (tertiary/aromatic N) is 4. The van der Waals surface area contributed by atoms with Crippen LogP contribution < -0.4 is 20.7 Å². The zero-order chi connectivity index (χ0) is 28.8. The van der Waals surface area contributed by atoms with Crippen molar-refractivity contribution in [2.45, 2.75) is 56.3 Å². The molecule has 2 aliphatic heterocycles. The highest BCUT2D eigenvalue weighted by atomic mass is 127. The monoisotopic (exact) mass is 714 g/mol. The number of alkyl halides is 4. The van der Waals surface area contributed by atoms with Gasteiger partial charge in [-0.3, -0.25) is 20.4 Å². The van der Waals surface area contributed by atoms with Gasteiger partial charge in [0, 0.05) is 51.9 Å². The Labute approximate surface area is 251 Å². The average Bonchev–Trinajstić information content (AvgIpc) is 3.74. The fourth-order valence-corrected chi connectivity index (χ4v) is 5.65. The minimum Gasteiger partial charge on any atom is -0.355 e. The third-order valence-corrected chi connectivity index (χ3v) is 9.01. The minimum absolute atomic E-state index is 0.0150. The van der Waals surface area contributed by atoms with Crippen LogP contribution in [-0.4, -0.2) is 59.8 Å². The molecule has 2 aromatic rings. The molecule has 1 saturated carbocycles. The predicted molar refractivity (Wildman–Crippen MR) is 151 cm³/mol. The maximum Gasteiger partial charge on any atom is 0.273 e. The van der Waals surface area contributed by atoms with Crippen molar-refractivity contribution in [3.8, 4) is 0 Å². The number of carbonyl (C=O) groups excluding carboxylic acids is 2. The summed E-state index contributed by atoms with van der Waals surface area (Å²) in [6.45, 7) is -0.0812. The topological polar surface area (TPSA) is 90.5 Å². The van der Waals surface area contributed by atoms with Crippen LogP contribution in [-0.2, 0) is 0 Å². The van der Waals surface area contributed by atoms with Crippen LogP contribution in [0.2, 0.25) is 10.3 Å². The Morgan fingerprint density at radius 2 is 1.23 bits per heavy atom. The third kappa shape index (κ3) is 6.51. The van der Waals surface area contributed by atoms with E-state index in [1.54, 1.807) is 15.9 Å². The number of pyridine rings is 2. The van der Waals surface area contributed by atoms with Crippen LogP contribution in [0.5, 0.6) is 0 Å². The van der Waals surface area contributed by atoms with Gasteiger partial charge in [-0.05, 0) is 59.0 Å². The molecular weight excluding hydrogens is 690 g/mol. The van der Waals surface area contributed by atoms with Crippen LogP contribution in [0.15, 0.2) is 12.1 Å². The van der Waals surface area contributed by atoms with Crippen LogP contribution in [0, 0.1) is 3.57 Å². The van der Waals surface area contributed by atoms with Crippen LogP contribution in [0.1, 0.15) is 70.7 Å². The van der Waals surface area contributed by atoms with E-state index in [0.717, 1.165) is 12.8 Å². The van der Waals surface area contributed by atoms with Gasteiger partial charge < -0.3 is 9.80 Å². The second-order valence-electron chi connectivity index (χ2n) is 10.2. The summed E-state index contributed by atoms with van der Waals surface area (Å²) in [4.78, 5) is 38.4. The zero-order valence-electron chi connectivity index (χ0n) is 21.1. The second-order valence-corrected chi connectivity index (χ2v) is 12.1. The molecule has 2 amide bonds. The lowest BCUT2D eigenvalue weighted by Crippen LogP contribution is -2.45.